The first-order valence-corrected chi connectivity index (χ1v) is 4.45. The van der Waals surface area contributed by atoms with Gasteiger partial charge in [0.2, 0.25) is 0 Å². The molecular weight excluding hydrogens is 223 g/mol. The van der Waals surface area contributed by atoms with Gasteiger partial charge in [0.1, 0.15) is 17.5 Å². The van der Waals surface area contributed by atoms with Crippen LogP contribution in [0.2, 0.25) is 0 Å². The molecule has 0 bridgehead atoms. The van der Waals surface area contributed by atoms with Gasteiger partial charge in [-0.25, -0.2) is 0 Å². The number of alkyl halides is 3. The summed E-state index contributed by atoms with van der Waals surface area (Å²) in [6.07, 6.45) is -4.54. The molecule has 0 saturated carbocycles. The van der Waals surface area contributed by atoms with Crippen molar-refractivity contribution in [3.63, 3.8) is 0 Å². The Morgan fingerprint density at radius 1 is 1.12 bits per heavy atom. The summed E-state index contributed by atoms with van der Waals surface area (Å²) in [6.45, 7) is 0. The highest BCUT2D eigenvalue weighted by molar-refractivity contribution is 5.47. The number of ether oxygens (including phenoxy) is 2. The van der Waals surface area contributed by atoms with Gasteiger partial charge in [-0.2, -0.15) is 13.2 Å². The molecule has 3 nitrogen and oxygen atoms in total. The molecule has 1 atom stereocenters. The van der Waals surface area contributed by atoms with Crippen molar-refractivity contribution in [2.75, 3.05) is 14.2 Å². The SMILES string of the molecule is COc1cccc(OC)c1[C@H](N)C(F)(F)F. The van der Waals surface area contributed by atoms with Crippen LogP contribution >= 0.6 is 0 Å². The van der Waals surface area contributed by atoms with Crippen molar-refractivity contribution in [2.45, 2.75) is 12.2 Å². The molecule has 16 heavy (non-hydrogen) atoms. The average molecular weight is 235 g/mol. The average Bonchev–Trinajstić information content (AvgIpc) is 2.25. The summed E-state index contributed by atoms with van der Waals surface area (Å²) in [5, 5.41) is 0. The zero-order valence-corrected chi connectivity index (χ0v) is 8.84. The van der Waals surface area contributed by atoms with Crippen molar-refractivity contribution in [3.8, 4) is 11.5 Å². The van der Waals surface area contributed by atoms with Crippen molar-refractivity contribution in [1.29, 1.82) is 0 Å². The molecule has 0 amide bonds. The van der Waals surface area contributed by atoms with Gasteiger partial charge < -0.3 is 15.2 Å². The maximum Gasteiger partial charge on any atom is 0.407 e. The molecule has 0 fully saturated rings. The minimum atomic E-state index is -4.54. The molecule has 0 saturated heterocycles. The number of nitrogens with two attached hydrogens (primary N) is 1. The number of benzene rings is 1. The summed E-state index contributed by atoms with van der Waals surface area (Å²) < 4.78 is 47.3. The van der Waals surface area contributed by atoms with Crippen LogP contribution in [0.25, 0.3) is 0 Å². The summed E-state index contributed by atoms with van der Waals surface area (Å²) in [5.41, 5.74) is 4.95. The predicted molar refractivity (Wildman–Crippen MR) is 52.5 cm³/mol. The molecule has 2 N–H and O–H groups in total. The van der Waals surface area contributed by atoms with Gasteiger partial charge in [0, 0.05) is 0 Å². The number of methoxy groups -OCH3 is 2. The van der Waals surface area contributed by atoms with E-state index in [1.807, 2.05) is 0 Å². The molecular formula is C10H12F3NO2. The van der Waals surface area contributed by atoms with E-state index in [0.717, 1.165) is 0 Å². The van der Waals surface area contributed by atoms with Gasteiger partial charge in [-0.15, -0.1) is 0 Å². The van der Waals surface area contributed by atoms with E-state index in [1.54, 1.807) is 0 Å². The fraction of sp³-hybridized carbons (Fsp3) is 0.400. The third kappa shape index (κ3) is 2.38. The van der Waals surface area contributed by atoms with Crippen LogP contribution in [0.4, 0.5) is 13.2 Å². The van der Waals surface area contributed by atoms with Crippen molar-refractivity contribution < 1.29 is 22.6 Å². The Labute approximate surface area is 91.0 Å². The number of hydrogen-bond acceptors (Lipinski definition) is 3. The van der Waals surface area contributed by atoms with Gasteiger partial charge in [-0.3, -0.25) is 0 Å². The Morgan fingerprint density at radius 3 is 1.88 bits per heavy atom. The Hall–Kier alpha value is -1.43. The van der Waals surface area contributed by atoms with Gasteiger partial charge >= 0.3 is 6.18 Å². The molecule has 0 unspecified atom stereocenters. The number of rotatable bonds is 3. The Balaban J connectivity index is 3.28. The molecule has 0 aliphatic rings. The minimum absolute atomic E-state index is 0.0594. The maximum atomic E-state index is 12.5. The highest BCUT2D eigenvalue weighted by Crippen LogP contribution is 2.40. The van der Waals surface area contributed by atoms with E-state index in [1.165, 1.54) is 32.4 Å². The molecule has 1 aromatic rings. The van der Waals surface area contributed by atoms with E-state index in [-0.39, 0.29) is 17.1 Å². The van der Waals surface area contributed by atoms with Crippen LogP contribution in [0.5, 0.6) is 11.5 Å². The molecule has 0 aromatic heterocycles. The summed E-state index contributed by atoms with van der Waals surface area (Å²) in [7, 11) is 2.56. The number of hydrogen-bond donors (Lipinski definition) is 1. The molecule has 1 aromatic carbocycles. The van der Waals surface area contributed by atoms with E-state index in [2.05, 4.69) is 0 Å². The quantitative estimate of drug-likeness (QED) is 0.874. The largest absolute Gasteiger partial charge is 0.496 e. The predicted octanol–water partition coefficient (Wildman–Crippen LogP) is 2.27. The fourth-order valence-corrected chi connectivity index (χ4v) is 1.35. The lowest BCUT2D eigenvalue weighted by Crippen LogP contribution is -2.29. The van der Waals surface area contributed by atoms with E-state index < -0.39 is 12.2 Å². The molecule has 0 heterocycles. The second-order valence-electron chi connectivity index (χ2n) is 3.10. The Bertz CT molecular complexity index is 343. The number of halogens is 3. The normalized spacial score (nSPS) is 13.4. The second kappa shape index (κ2) is 4.61. The molecule has 0 aliphatic heterocycles. The van der Waals surface area contributed by atoms with E-state index in [4.69, 9.17) is 15.2 Å². The van der Waals surface area contributed by atoms with E-state index in [0.29, 0.717) is 0 Å². The van der Waals surface area contributed by atoms with Gasteiger partial charge in [0.25, 0.3) is 0 Å². The lowest BCUT2D eigenvalue weighted by atomic mass is 10.0. The molecule has 1 rings (SSSR count). The first kappa shape index (κ1) is 12.6. The smallest absolute Gasteiger partial charge is 0.407 e. The van der Waals surface area contributed by atoms with Crippen LogP contribution in [0.1, 0.15) is 11.6 Å². The van der Waals surface area contributed by atoms with Crippen LogP contribution in [0, 0.1) is 0 Å². The maximum absolute atomic E-state index is 12.5. The van der Waals surface area contributed by atoms with Crippen molar-refractivity contribution in [2.24, 2.45) is 5.73 Å². The monoisotopic (exact) mass is 235 g/mol. The van der Waals surface area contributed by atoms with Gasteiger partial charge in [-0.1, -0.05) is 6.07 Å². The van der Waals surface area contributed by atoms with Crippen molar-refractivity contribution in [3.05, 3.63) is 23.8 Å². The van der Waals surface area contributed by atoms with Gasteiger partial charge in [0.05, 0.1) is 19.8 Å². The molecule has 0 spiro atoms. The molecule has 0 aliphatic carbocycles. The summed E-state index contributed by atoms with van der Waals surface area (Å²) >= 11 is 0. The zero-order chi connectivity index (χ0) is 12.3. The first-order chi connectivity index (χ1) is 7.41. The summed E-state index contributed by atoms with van der Waals surface area (Å²) in [5.74, 6) is 0.119. The topological polar surface area (TPSA) is 44.5 Å². The highest BCUT2D eigenvalue weighted by Gasteiger charge is 2.41. The van der Waals surface area contributed by atoms with Gasteiger partial charge in [-0.05, 0) is 12.1 Å². The summed E-state index contributed by atoms with van der Waals surface area (Å²) in [6, 6.07) is 2.22. The highest BCUT2D eigenvalue weighted by atomic mass is 19.4. The first-order valence-electron chi connectivity index (χ1n) is 4.45. The lowest BCUT2D eigenvalue weighted by Gasteiger charge is -2.20. The van der Waals surface area contributed by atoms with Crippen molar-refractivity contribution in [1.82, 2.24) is 0 Å². The van der Waals surface area contributed by atoms with Crippen LogP contribution in [-0.2, 0) is 0 Å². The van der Waals surface area contributed by atoms with Gasteiger partial charge in [0.15, 0.2) is 0 Å². The van der Waals surface area contributed by atoms with E-state index >= 15 is 0 Å². The zero-order valence-electron chi connectivity index (χ0n) is 8.84. The Morgan fingerprint density at radius 2 is 1.56 bits per heavy atom. The van der Waals surface area contributed by atoms with E-state index in [9.17, 15) is 13.2 Å². The minimum Gasteiger partial charge on any atom is -0.496 e. The standard InChI is InChI=1S/C10H12F3NO2/c1-15-6-4-3-5-7(16-2)8(6)9(14)10(11,12)13/h3-5,9H,14H2,1-2H3/t9-/m0/s1. The third-order valence-electron chi connectivity index (χ3n) is 2.13. The molecule has 90 valence electrons. The summed E-state index contributed by atoms with van der Waals surface area (Å²) in [4.78, 5) is 0. The second-order valence-corrected chi connectivity index (χ2v) is 3.10. The van der Waals surface area contributed by atoms with Crippen LogP contribution in [0.15, 0.2) is 18.2 Å². The lowest BCUT2D eigenvalue weighted by molar-refractivity contribution is -0.149. The molecule has 6 heteroatoms. The Kier molecular flexibility index (Phi) is 3.64. The van der Waals surface area contributed by atoms with Crippen molar-refractivity contribution >= 4 is 0 Å². The third-order valence-corrected chi connectivity index (χ3v) is 2.13. The van der Waals surface area contributed by atoms with Crippen LogP contribution in [-0.4, -0.2) is 20.4 Å². The van der Waals surface area contributed by atoms with Crippen LogP contribution in [0.3, 0.4) is 0 Å². The fourth-order valence-electron chi connectivity index (χ4n) is 1.35. The van der Waals surface area contributed by atoms with Crippen LogP contribution < -0.4 is 15.2 Å². The molecule has 0 radical (unpaired) electrons.